The van der Waals surface area contributed by atoms with Gasteiger partial charge in [-0.15, -0.1) is 0 Å². The Morgan fingerprint density at radius 3 is 2.50 bits per heavy atom. The van der Waals surface area contributed by atoms with Crippen molar-refractivity contribution in [1.29, 1.82) is 0 Å². The van der Waals surface area contributed by atoms with E-state index in [9.17, 15) is 4.79 Å². The van der Waals surface area contributed by atoms with Crippen molar-refractivity contribution in [2.45, 2.75) is 13.5 Å². The number of anilines is 1. The smallest absolute Gasteiger partial charge is 0.238 e. The lowest BCUT2D eigenvalue weighted by Crippen LogP contribution is -2.29. The van der Waals surface area contributed by atoms with E-state index in [-0.39, 0.29) is 5.91 Å². The standard InChI is InChI=1S/C12H19N3O/c1-3-15(2)9-12(16)14-11-6-4-10(8-13)5-7-11/h4-7H,3,8-9,13H2,1-2H3,(H,14,16). The third-order valence-electron chi connectivity index (χ3n) is 2.43. The van der Waals surface area contributed by atoms with Gasteiger partial charge in [0, 0.05) is 12.2 Å². The second kappa shape index (κ2) is 6.25. The summed E-state index contributed by atoms with van der Waals surface area (Å²) >= 11 is 0. The molecule has 0 spiro atoms. The minimum Gasteiger partial charge on any atom is -0.326 e. The van der Waals surface area contributed by atoms with Gasteiger partial charge in [0.15, 0.2) is 0 Å². The van der Waals surface area contributed by atoms with Crippen molar-refractivity contribution in [3.05, 3.63) is 29.8 Å². The van der Waals surface area contributed by atoms with Crippen LogP contribution in [0.2, 0.25) is 0 Å². The van der Waals surface area contributed by atoms with E-state index in [2.05, 4.69) is 5.32 Å². The summed E-state index contributed by atoms with van der Waals surface area (Å²) in [4.78, 5) is 13.5. The first-order chi connectivity index (χ1) is 7.65. The van der Waals surface area contributed by atoms with Crippen LogP contribution in [-0.2, 0) is 11.3 Å². The molecule has 0 fully saturated rings. The van der Waals surface area contributed by atoms with Crippen LogP contribution in [0.4, 0.5) is 5.69 Å². The third-order valence-corrected chi connectivity index (χ3v) is 2.43. The lowest BCUT2D eigenvalue weighted by molar-refractivity contribution is -0.117. The van der Waals surface area contributed by atoms with E-state index in [0.29, 0.717) is 13.1 Å². The topological polar surface area (TPSA) is 58.4 Å². The summed E-state index contributed by atoms with van der Waals surface area (Å²) < 4.78 is 0. The monoisotopic (exact) mass is 221 g/mol. The van der Waals surface area contributed by atoms with Crippen molar-refractivity contribution < 1.29 is 4.79 Å². The second-order valence-corrected chi connectivity index (χ2v) is 3.78. The van der Waals surface area contributed by atoms with Gasteiger partial charge >= 0.3 is 0 Å². The Morgan fingerprint density at radius 2 is 2.00 bits per heavy atom. The van der Waals surface area contributed by atoms with Gasteiger partial charge in [0.1, 0.15) is 0 Å². The molecule has 88 valence electrons. The molecule has 3 N–H and O–H groups in total. The number of likely N-dealkylation sites (N-methyl/N-ethyl adjacent to an activating group) is 1. The van der Waals surface area contributed by atoms with Crippen LogP contribution in [0.1, 0.15) is 12.5 Å². The number of carbonyl (C=O) groups excluding carboxylic acids is 1. The van der Waals surface area contributed by atoms with Gasteiger partial charge in [-0.25, -0.2) is 0 Å². The quantitative estimate of drug-likeness (QED) is 0.781. The van der Waals surface area contributed by atoms with Crippen LogP contribution >= 0.6 is 0 Å². The van der Waals surface area contributed by atoms with Crippen molar-refractivity contribution in [3.8, 4) is 0 Å². The van der Waals surface area contributed by atoms with Gasteiger partial charge in [0.25, 0.3) is 0 Å². The largest absolute Gasteiger partial charge is 0.326 e. The Balaban J connectivity index is 2.49. The van der Waals surface area contributed by atoms with Gasteiger partial charge in [0.2, 0.25) is 5.91 Å². The van der Waals surface area contributed by atoms with Crippen molar-refractivity contribution in [1.82, 2.24) is 4.90 Å². The molecule has 0 saturated carbocycles. The Kier molecular flexibility index (Phi) is 4.95. The van der Waals surface area contributed by atoms with Crippen molar-refractivity contribution in [2.24, 2.45) is 5.73 Å². The van der Waals surface area contributed by atoms with Crippen molar-refractivity contribution >= 4 is 11.6 Å². The average Bonchev–Trinajstić information content (AvgIpc) is 2.29. The molecule has 1 amide bonds. The van der Waals surface area contributed by atoms with E-state index in [0.717, 1.165) is 17.8 Å². The molecule has 0 aromatic heterocycles. The Labute approximate surface area is 96.4 Å². The normalized spacial score (nSPS) is 10.5. The van der Waals surface area contributed by atoms with E-state index in [4.69, 9.17) is 5.73 Å². The summed E-state index contributed by atoms with van der Waals surface area (Å²) in [5, 5.41) is 2.84. The summed E-state index contributed by atoms with van der Waals surface area (Å²) in [6, 6.07) is 7.57. The van der Waals surface area contributed by atoms with Gasteiger partial charge in [-0.2, -0.15) is 0 Å². The van der Waals surface area contributed by atoms with Gasteiger partial charge in [-0.3, -0.25) is 9.69 Å². The second-order valence-electron chi connectivity index (χ2n) is 3.78. The molecule has 1 aromatic rings. The third kappa shape index (κ3) is 4.00. The highest BCUT2D eigenvalue weighted by Crippen LogP contribution is 2.08. The molecule has 1 rings (SSSR count). The Morgan fingerprint density at radius 1 is 1.38 bits per heavy atom. The fourth-order valence-electron chi connectivity index (χ4n) is 1.28. The minimum absolute atomic E-state index is 0.00449. The van der Waals surface area contributed by atoms with Crippen LogP contribution in [0.15, 0.2) is 24.3 Å². The number of amides is 1. The highest BCUT2D eigenvalue weighted by atomic mass is 16.2. The van der Waals surface area contributed by atoms with E-state index in [1.807, 2.05) is 43.1 Å². The van der Waals surface area contributed by atoms with Gasteiger partial charge in [-0.05, 0) is 31.3 Å². The molecular formula is C12H19N3O. The zero-order valence-electron chi connectivity index (χ0n) is 9.86. The summed E-state index contributed by atoms with van der Waals surface area (Å²) in [7, 11) is 1.91. The number of nitrogens with two attached hydrogens (primary N) is 1. The van der Waals surface area contributed by atoms with Crippen molar-refractivity contribution in [2.75, 3.05) is 25.5 Å². The van der Waals surface area contributed by atoms with E-state index in [1.165, 1.54) is 0 Å². The van der Waals surface area contributed by atoms with Crippen LogP contribution in [0.5, 0.6) is 0 Å². The maximum atomic E-state index is 11.6. The number of benzene rings is 1. The number of rotatable bonds is 5. The molecule has 0 aliphatic rings. The molecule has 0 radical (unpaired) electrons. The molecule has 0 heterocycles. The molecule has 4 heteroatoms. The van der Waals surface area contributed by atoms with Crippen LogP contribution in [0.3, 0.4) is 0 Å². The maximum Gasteiger partial charge on any atom is 0.238 e. The summed E-state index contributed by atoms with van der Waals surface area (Å²) in [5.74, 6) is 0.00449. The minimum atomic E-state index is 0.00449. The molecule has 16 heavy (non-hydrogen) atoms. The fourth-order valence-corrected chi connectivity index (χ4v) is 1.28. The van der Waals surface area contributed by atoms with Crippen LogP contribution in [0.25, 0.3) is 0 Å². The van der Waals surface area contributed by atoms with Gasteiger partial charge < -0.3 is 11.1 Å². The zero-order valence-corrected chi connectivity index (χ0v) is 9.86. The van der Waals surface area contributed by atoms with E-state index < -0.39 is 0 Å². The molecule has 0 unspecified atom stereocenters. The molecule has 1 aromatic carbocycles. The van der Waals surface area contributed by atoms with Crippen LogP contribution in [-0.4, -0.2) is 30.9 Å². The van der Waals surface area contributed by atoms with Gasteiger partial charge in [-0.1, -0.05) is 19.1 Å². The maximum absolute atomic E-state index is 11.6. The van der Waals surface area contributed by atoms with E-state index in [1.54, 1.807) is 0 Å². The molecule has 0 atom stereocenters. The fraction of sp³-hybridized carbons (Fsp3) is 0.417. The molecule has 0 bridgehead atoms. The number of hydrogen-bond acceptors (Lipinski definition) is 3. The lowest BCUT2D eigenvalue weighted by Gasteiger charge is -2.13. The van der Waals surface area contributed by atoms with Crippen LogP contribution < -0.4 is 11.1 Å². The van der Waals surface area contributed by atoms with Crippen molar-refractivity contribution in [3.63, 3.8) is 0 Å². The highest BCUT2D eigenvalue weighted by molar-refractivity contribution is 5.92. The SMILES string of the molecule is CCN(C)CC(=O)Nc1ccc(CN)cc1. The summed E-state index contributed by atoms with van der Waals surface area (Å²) in [6.07, 6.45) is 0. The number of hydrogen-bond donors (Lipinski definition) is 2. The molecular weight excluding hydrogens is 202 g/mol. The highest BCUT2D eigenvalue weighted by Gasteiger charge is 2.04. The number of carbonyl (C=O) groups is 1. The Hall–Kier alpha value is -1.39. The molecule has 0 saturated heterocycles. The summed E-state index contributed by atoms with van der Waals surface area (Å²) in [5.41, 5.74) is 7.36. The first-order valence-electron chi connectivity index (χ1n) is 5.43. The Bertz CT molecular complexity index is 335. The lowest BCUT2D eigenvalue weighted by atomic mass is 10.2. The zero-order chi connectivity index (χ0) is 12.0. The number of nitrogens with zero attached hydrogens (tertiary/aromatic N) is 1. The molecule has 0 aliphatic heterocycles. The first kappa shape index (κ1) is 12.7. The van der Waals surface area contributed by atoms with Crippen LogP contribution in [0, 0.1) is 0 Å². The predicted octanol–water partition coefficient (Wildman–Crippen LogP) is 1.04. The molecule has 0 aliphatic carbocycles. The van der Waals surface area contributed by atoms with E-state index >= 15 is 0 Å². The number of nitrogens with one attached hydrogen (secondary N) is 1. The average molecular weight is 221 g/mol. The van der Waals surface area contributed by atoms with Gasteiger partial charge in [0.05, 0.1) is 6.54 Å². The summed E-state index contributed by atoms with van der Waals surface area (Å²) in [6.45, 7) is 3.81. The predicted molar refractivity (Wildman–Crippen MR) is 66.1 cm³/mol. The first-order valence-corrected chi connectivity index (χ1v) is 5.43. The molecule has 4 nitrogen and oxygen atoms in total.